The van der Waals surface area contributed by atoms with Gasteiger partial charge in [-0.3, -0.25) is 0 Å². The third-order valence-electron chi connectivity index (χ3n) is 2.33. The molecule has 80 valence electrons. The Kier molecular flexibility index (Phi) is 2.60. The number of methoxy groups -OCH3 is 1. The van der Waals surface area contributed by atoms with Crippen molar-refractivity contribution in [2.24, 2.45) is 5.73 Å². The van der Waals surface area contributed by atoms with Crippen molar-refractivity contribution in [3.8, 4) is 5.88 Å². The molecule has 0 aliphatic carbocycles. The van der Waals surface area contributed by atoms with Crippen LogP contribution in [-0.4, -0.2) is 22.7 Å². The summed E-state index contributed by atoms with van der Waals surface area (Å²) in [5, 5.41) is 1.13. The summed E-state index contributed by atoms with van der Waals surface area (Å²) in [7, 11) is 1.62. The van der Waals surface area contributed by atoms with E-state index >= 15 is 0 Å². The molecule has 4 nitrogen and oxygen atoms in total. The lowest BCUT2D eigenvalue weighted by Crippen LogP contribution is -2.21. The second-order valence-electron chi connectivity index (χ2n) is 3.73. The van der Waals surface area contributed by atoms with E-state index in [1.807, 2.05) is 31.5 Å². The smallest absolute Gasteiger partial charge is 0.213 e. The first-order valence-electron chi connectivity index (χ1n) is 4.95. The lowest BCUT2D eigenvalue weighted by Gasteiger charge is -2.08. The first-order chi connectivity index (χ1) is 7.20. The van der Waals surface area contributed by atoms with E-state index < -0.39 is 0 Å². The van der Waals surface area contributed by atoms with Crippen molar-refractivity contribution in [1.29, 1.82) is 0 Å². The fraction of sp³-hybridized carbons (Fsp3) is 0.364. The Morgan fingerprint density at radius 1 is 1.60 bits per heavy atom. The normalized spacial score (nSPS) is 13.0. The predicted molar refractivity (Wildman–Crippen MR) is 59.9 cm³/mol. The Hall–Kier alpha value is -1.55. The molecule has 2 heterocycles. The minimum absolute atomic E-state index is 0.141. The van der Waals surface area contributed by atoms with Crippen LogP contribution in [0.15, 0.2) is 24.5 Å². The highest BCUT2D eigenvalue weighted by Gasteiger charge is 2.04. The SMILES string of the molecule is COc1cc2ccn(C[C@@H](C)N)c2cn1. The standard InChI is InChI=1S/C11H15N3O/c1-8(12)7-14-4-3-9-5-11(15-2)13-6-10(9)14/h3-6,8H,7,12H2,1-2H3/t8-/m1/s1. The molecule has 0 aliphatic heterocycles. The van der Waals surface area contributed by atoms with Gasteiger partial charge in [0, 0.05) is 30.2 Å². The molecule has 0 spiro atoms. The van der Waals surface area contributed by atoms with Gasteiger partial charge in [-0.25, -0.2) is 4.98 Å². The van der Waals surface area contributed by atoms with Crippen LogP contribution in [0.1, 0.15) is 6.92 Å². The summed E-state index contributed by atoms with van der Waals surface area (Å²) in [5.41, 5.74) is 6.86. The van der Waals surface area contributed by atoms with Gasteiger partial charge in [-0.05, 0) is 13.0 Å². The monoisotopic (exact) mass is 205 g/mol. The molecule has 2 N–H and O–H groups in total. The molecule has 0 bridgehead atoms. The van der Waals surface area contributed by atoms with Crippen molar-refractivity contribution in [2.75, 3.05) is 7.11 Å². The third kappa shape index (κ3) is 1.94. The van der Waals surface area contributed by atoms with Crippen LogP contribution in [0.25, 0.3) is 10.9 Å². The minimum atomic E-state index is 0.141. The molecule has 1 atom stereocenters. The largest absolute Gasteiger partial charge is 0.481 e. The molecule has 2 rings (SSSR count). The summed E-state index contributed by atoms with van der Waals surface area (Å²) in [6, 6.07) is 4.11. The third-order valence-corrected chi connectivity index (χ3v) is 2.33. The van der Waals surface area contributed by atoms with Crippen LogP contribution < -0.4 is 10.5 Å². The van der Waals surface area contributed by atoms with Gasteiger partial charge in [-0.2, -0.15) is 0 Å². The molecular weight excluding hydrogens is 190 g/mol. The molecular formula is C11H15N3O. The van der Waals surface area contributed by atoms with Gasteiger partial charge in [0.05, 0.1) is 18.8 Å². The first-order valence-corrected chi connectivity index (χ1v) is 4.95. The van der Waals surface area contributed by atoms with Gasteiger partial charge >= 0.3 is 0 Å². The molecule has 0 unspecified atom stereocenters. The van der Waals surface area contributed by atoms with E-state index in [1.54, 1.807) is 7.11 Å². The Labute approximate surface area is 88.7 Å². The number of hydrogen-bond acceptors (Lipinski definition) is 3. The fourth-order valence-electron chi connectivity index (χ4n) is 1.65. The topological polar surface area (TPSA) is 53.1 Å². The maximum atomic E-state index is 5.76. The molecule has 4 heteroatoms. The number of ether oxygens (including phenoxy) is 1. The molecule has 2 aromatic rings. The average Bonchev–Trinajstić information content (AvgIpc) is 2.60. The maximum Gasteiger partial charge on any atom is 0.213 e. The van der Waals surface area contributed by atoms with Crippen molar-refractivity contribution < 1.29 is 4.74 Å². The molecule has 0 amide bonds. The van der Waals surface area contributed by atoms with Crippen LogP contribution in [-0.2, 0) is 6.54 Å². The van der Waals surface area contributed by atoms with Crippen LogP contribution >= 0.6 is 0 Å². The molecule has 0 saturated carbocycles. The van der Waals surface area contributed by atoms with Gasteiger partial charge in [-0.1, -0.05) is 0 Å². The summed E-state index contributed by atoms with van der Waals surface area (Å²) < 4.78 is 7.17. The summed E-state index contributed by atoms with van der Waals surface area (Å²) in [4.78, 5) is 4.18. The van der Waals surface area contributed by atoms with Crippen LogP contribution in [0.2, 0.25) is 0 Å². The summed E-state index contributed by atoms with van der Waals surface area (Å²) >= 11 is 0. The molecule has 15 heavy (non-hydrogen) atoms. The zero-order valence-corrected chi connectivity index (χ0v) is 8.97. The quantitative estimate of drug-likeness (QED) is 0.823. The summed E-state index contributed by atoms with van der Waals surface area (Å²) in [6.45, 7) is 2.79. The summed E-state index contributed by atoms with van der Waals surface area (Å²) in [5.74, 6) is 0.640. The van der Waals surface area contributed by atoms with Gasteiger partial charge in [0.2, 0.25) is 5.88 Å². The molecule has 0 saturated heterocycles. The lowest BCUT2D eigenvalue weighted by atomic mass is 10.3. The fourth-order valence-corrected chi connectivity index (χ4v) is 1.65. The Morgan fingerprint density at radius 3 is 3.07 bits per heavy atom. The number of fused-ring (bicyclic) bond motifs is 1. The highest BCUT2D eigenvalue weighted by atomic mass is 16.5. The molecule has 0 aromatic carbocycles. The zero-order valence-electron chi connectivity index (χ0n) is 8.97. The van der Waals surface area contributed by atoms with Gasteiger partial charge in [0.25, 0.3) is 0 Å². The second-order valence-corrected chi connectivity index (χ2v) is 3.73. The van der Waals surface area contributed by atoms with Gasteiger partial charge < -0.3 is 15.0 Å². The van der Waals surface area contributed by atoms with Gasteiger partial charge in [0.15, 0.2) is 0 Å². The van der Waals surface area contributed by atoms with Crippen LogP contribution in [0.5, 0.6) is 5.88 Å². The van der Waals surface area contributed by atoms with E-state index in [-0.39, 0.29) is 6.04 Å². The van der Waals surface area contributed by atoms with Crippen LogP contribution in [0.4, 0.5) is 0 Å². The molecule has 0 aliphatic rings. The van der Waals surface area contributed by atoms with Gasteiger partial charge in [-0.15, -0.1) is 0 Å². The average molecular weight is 205 g/mol. The molecule has 0 fully saturated rings. The van der Waals surface area contributed by atoms with Crippen LogP contribution in [0.3, 0.4) is 0 Å². The first kappa shape index (κ1) is 9.98. The van der Waals surface area contributed by atoms with Crippen LogP contribution in [0, 0.1) is 0 Å². The molecule has 0 radical (unpaired) electrons. The molecule has 2 aromatic heterocycles. The zero-order chi connectivity index (χ0) is 10.8. The van der Waals surface area contributed by atoms with E-state index in [2.05, 4.69) is 9.55 Å². The second kappa shape index (κ2) is 3.90. The van der Waals surface area contributed by atoms with E-state index in [0.29, 0.717) is 5.88 Å². The Morgan fingerprint density at radius 2 is 2.40 bits per heavy atom. The highest BCUT2D eigenvalue weighted by Crippen LogP contribution is 2.19. The number of pyridine rings is 1. The lowest BCUT2D eigenvalue weighted by molar-refractivity contribution is 0.398. The van der Waals surface area contributed by atoms with E-state index in [4.69, 9.17) is 10.5 Å². The van der Waals surface area contributed by atoms with Crippen molar-refractivity contribution in [3.63, 3.8) is 0 Å². The maximum absolute atomic E-state index is 5.76. The van der Waals surface area contributed by atoms with Crippen molar-refractivity contribution in [3.05, 3.63) is 24.5 Å². The number of nitrogens with two attached hydrogens (primary N) is 1. The number of hydrogen-bond donors (Lipinski definition) is 1. The Bertz CT molecular complexity index is 462. The van der Waals surface area contributed by atoms with E-state index in [1.165, 1.54) is 0 Å². The predicted octanol–water partition coefficient (Wildman–Crippen LogP) is 1.39. The van der Waals surface area contributed by atoms with E-state index in [0.717, 1.165) is 17.4 Å². The highest BCUT2D eigenvalue weighted by molar-refractivity contribution is 5.80. The number of aromatic nitrogens is 2. The van der Waals surface area contributed by atoms with Crippen molar-refractivity contribution in [2.45, 2.75) is 19.5 Å². The number of rotatable bonds is 3. The van der Waals surface area contributed by atoms with Gasteiger partial charge in [0.1, 0.15) is 0 Å². The van der Waals surface area contributed by atoms with Crippen molar-refractivity contribution in [1.82, 2.24) is 9.55 Å². The summed E-state index contributed by atoms with van der Waals surface area (Å²) in [6.07, 6.45) is 3.84. The Balaban J connectivity index is 2.43. The number of nitrogens with zero attached hydrogens (tertiary/aromatic N) is 2. The van der Waals surface area contributed by atoms with E-state index in [9.17, 15) is 0 Å². The minimum Gasteiger partial charge on any atom is -0.481 e. The van der Waals surface area contributed by atoms with Crippen molar-refractivity contribution >= 4 is 10.9 Å².